The summed E-state index contributed by atoms with van der Waals surface area (Å²) in [6.45, 7) is 0.104. The summed E-state index contributed by atoms with van der Waals surface area (Å²) in [5.74, 6) is -0.644. The van der Waals surface area contributed by atoms with Crippen molar-refractivity contribution < 1.29 is 18.3 Å². The molecule has 1 aromatic rings. The number of hydrogen-bond donors (Lipinski definition) is 1. The number of nitriles is 1. The molecule has 18 heavy (non-hydrogen) atoms. The molecule has 1 rings (SSSR count). The normalized spacial score (nSPS) is 10.2. The van der Waals surface area contributed by atoms with E-state index in [0.717, 1.165) is 0 Å². The molecule has 0 spiro atoms. The van der Waals surface area contributed by atoms with Gasteiger partial charge in [0, 0.05) is 12.1 Å². The van der Waals surface area contributed by atoms with Gasteiger partial charge >= 0.3 is 5.97 Å². The van der Waals surface area contributed by atoms with Crippen molar-refractivity contribution in [2.45, 2.75) is 19.4 Å². The highest BCUT2D eigenvalue weighted by atomic mass is 19.3. The zero-order valence-corrected chi connectivity index (χ0v) is 9.74. The first-order valence-corrected chi connectivity index (χ1v) is 5.14. The number of carbonyl (C=O) groups is 1. The van der Waals surface area contributed by atoms with Gasteiger partial charge in [-0.3, -0.25) is 4.79 Å². The molecule has 96 valence electrons. The summed E-state index contributed by atoms with van der Waals surface area (Å²) in [7, 11) is 1.17. The second kappa shape index (κ2) is 6.07. The van der Waals surface area contributed by atoms with Crippen LogP contribution in [0.4, 0.5) is 8.78 Å². The third kappa shape index (κ3) is 3.02. The van der Waals surface area contributed by atoms with Gasteiger partial charge in [-0.05, 0) is 17.2 Å². The highest BCUT2D eigenvalue weighted by Crippen LogP contribution is 2.28. The third-order valence-electron chi connectivity index (χ3n) is 2.46. The minimum atomic E-state index is -2.83. The molecule has 0 aliphatic rings. The quantitative estimate of drug-likeness (QED) is 0.829. The van der Waals surface area contributed by atoms with E-state index in [2.05, 4.69) is 4.74 Å². The average molecular weight is 254 g/mol. The van der Waals surface area contributed by atoms with Crippen molar-refractivity contribution in [3.8, 4) is 6.07 Å². The number of nitrogens with two attached hydrogens (primary N) is 1. The Kier molecular flexibility index (Phi) is 4.75. The summed E-state index contributed by atoms with van der Waals surface area (Å²) < 4.78 is 30.3. The number of halogens is 2. The molecule has 0 bridgehead atoms. The van der Waals surface area contributed by atoms with Crippen LogP contribution in [0.2, 0.25) is 0 Å². The highest BCUT2D eigenvalue weighted by molar-refractivity contribution is 5.73. The van der Waals surface area contributed by atoms with Gasteiger partial charge in [-0.25, -0.2) is 8.78 Å². The fraction of sp³-hybridized carbons (Fsp3) is 0.333. The van der Waals surface area contributed by atoms with Gasteiger partial charge in [0.15, 0.2) is 0 Å². The van der Waals surface area contributed by atoms with E-state index in [1.54, 1.807) is 6.07 Å². The molecule has 0 fully saturated rings. The van der Waals surface area contributed by atoms with E-state index in [1.165, 1.54) is 19.2 Å². The number of nitrogens with zero attached hydrogens (tertiary/aromatic N) is 1. The number of carbonyl (C=O) groups excluding carboxylic acids is 1. The predicted octanol–water partition coefficient (Wildman–Crippen LogP) is 1.67. The lowest BCUT2D eigenvalue weighted by Crippen LogP contribution is -2.10. The van der Waals surface area contributed by atoms with E-state index in [4.69, 9.17) is 11.0 Å². The molecule has 0 saturated heterocycles. The summed E-state index contributed by atoms with van der Waals surface area (Å²) in [4.78, 5) is 11.2. The zero-order chi connectivity index (χ0) is 13.7. The van der Waals surface area contributed by atoms with Crippen molar-refractivity contribution >= 4 is 5.97 Å². The second-order valence-corrected chi connectivity index (χ2v) is 3.59. The Labute approximate surface area is 103 Å². The minimum absolute atomic E-state index is 0.0800. The number of alkyl halides is 2. The van der Waals surface area contributed by atoms with Crippen molar-refractivity contribution in [2.24, 2.45) is 5.73 Å². The van der Waals surface area contributed by atoms with Gasteiger partial charge in [-0.2, -0.15) is 5.26 Å². The van der Waals surface area contributed by atoms with Crippen molar-refractivity contribution in [1.82, 2.24) is 0 Å². The standard InChI is InChI=1S/C12H12F2N2O2/c1-18-10(17)4-8-2-7(5-15)3-9(6-16)11(8)12(13)14/h2-3,12H,4-5,15H2,1H3. The van der Waals surface area contributed by atoms with E-state index >= 15 is 0 Å². The fourth-order valence-corrected chi connectivity index (χ4v) is 1.62. The molecule has 0 unspecified atom stereocenters. The molecule has 0 radical (unpaired) electrons. The maximum Gasteiger partial charge on any atom is 0.309 e. The Morgan fingerprint density at radius 2 is 2.22 bits per heavy atom. The molecular formula is C12H12F2N2O2. The van der Waals surface area contributed by atoms with Gasteiger partial charge in [-0.1, -0.05) is 6.07 Å². The van der Waals surface area contributed by atoms with Gasteiger partial charge in [0.25, 0.3) is 6.43 Å². The Balaban J connectivity index is 3.35. The summed E-state index contributed by atoms with van der Waals surface area (Å²) in [5, 5.41) is 8.86. The fourth-order valence-electron chi connectivity index (χ4n) is 1.62. The van der Waals surface area contributed by atoms with E-state index in [9.17, 15) is 13.6 Å². The summed E-state index contributed by atoms with van der Waals surface area (Å²) in [6.07, 6.45) is -3.13. The molecular weight excluding hydrogens is 242 g/mol. The monoisotopic (exact) mass is 254 g/mol. The predicted molar refractivity (Wildman–Crippen MR) is 59.7 cm³/mol. The molecule has 1 aromatic carbocycles. The lowest BCUT2D eigenvalue weighted by atomic mass is 9.96. The Morgan fingerprint density at radius 3 is 2.67 bits per heavy atom. The Hall–Kier alpha value is -2.00. The number of ether oxygens (including phenoxy) is 1. The topological polar surface area (TPSA) is 76.1 Å². The SMILES string of the molecule is COC(=O)Cc1cc(CN)cc(C#N)c1C(F)F. The van der Waals surface area contributed by atoms with Crippen molar-refractivity contribution in [1.29, 1.82) is 5.26 Å². The molecule has 0 aliphatic heterocycles. The molecule has 0 heterocycles. The number of esters is 1. The van der Waals surface area contributed by atoms with Crippen molar-refractivity contribution in [3.63, 3.8) is 0 Å². The maximum atomic E-state index is 12.9. The molecule has 0 saturated carbocycles. The summed E-state index contributed by atoms with van der Waals surface area (Å²) >= 11 is 0. The molecule has 2 N–H and O–H groups in total. The lowest BCUT2D eigenvalue weighted by Gasteiger charge is -2.12. The van der Waals surface area contributed by atoms with Crippen molar-refractivity contribution in [2.75, 3.05) is 7.11 Å². The van der Waals surface area contributed by atoms with Crippen molar-refractivity contribution in [3.05, 3.63) is 34.4 Å². The number of methoxy groups -OCH3 is 1. The molecule has 0 amide bonds. The van der Waals surface area contributed by atoms with Crippen LogP contribution in [0.15, 0.2) is 12.1 Å². The second-order valence-electron chi connectivity index (χ2n) is 3.59. The smallest absolute Gasteiger partial charge is 0.309 e. The van der Waals surface area contributed by atoms with Crippen LogP contribution < -0.4 is 5.73 Å². The molecule has 0 aliphatic carbocycles. The van der Waals surface area contributed by atoms with Crippen LogP contribution in [0.3, 0.4) is 0 Å². The van der Waals surface area contributed by atoms with Gasteiger partial charge in [-0.15, -0.1) is 0 Å². The zero-order valence-electron chi connectivity index (χ0n) is 9.74. The molecule has 0 atom stereocenters. The molecule has 6 heteroatoms. The first kappa shape index (κ1) is 14.1. The van der Waals surface area contributed by atoms with Gasteiger partial charge < -0.3 is 10.5 Å². The Morgan fingerprint density at radius 1 is 1.56 bits per heavy atom. The lowest BCUT2D eigenvalue weighted by molar-refractivity contribution is -0.139. The van der Waals surface area contributed by atoms with Gasteiger partial charge in [0.05, 0.1) is 25.2 Å². The maximum absolute atomic E-state index is 12.9. The van der Waals surface area contributed by atoms with E-state index in [-0.39, 0.29) is 24.1 Å². The Bertz CT molecular complexity index is 496. The molecule has 0 aromatic heterocycles. The highest BCUT2D eigenvalue weighted by Gasteiger charge is 2.20. The number of hydrogen-bond acceptors (Lipinski definition) is 4. The van der Waals surface area contributed by atoms with Crippen LogP contribution in [-0.4, -0.2) is 13.1 Å². The largest absolute Gasteiger partial charge is 0.469 e. The van der Waals surface area contributed by atoms with E-state index in [1.807, 2.05) is 0 Å². The van der Waals surface area contributed by atoms with Gasteiger partial charge in [0.2, 0.25) is 0 Å². The van der Waals surface area contributed by atoms with Crippen LogP contribution in [-0.2, 0) is 22.5 Å². The first-order chi connectivity index (χ1) is 8.53. The summed E-state index contributed by atoms with van der Waals surface area (Å²) in [6, 6.07) is 4.41. The van der Waals surface area contributed by atoms with E-state index < -0.39 is 18.0 Å². The minimum Gasteiger partial charge on any atom is -0.469 e. The summed E-state index contributed by atoms with van der Waals surface area (Å²) in [5.41, 5.74) is 5.43. The number of benzene rings is 1. The molecule has 4 nitrogen and oxygen atoms in total. The van der Waals surface area contributed by atoms with Crippen LogP contribution in [0.25, 0.3) is 0 Å². The van der Waals surface area contributed by atoms with Gasteiger partial charge in [0.1, 0.15) is 0 Å². The first-order valence-electron chi connectivity index (χ1n) is 5.14. The average Bonchev–Trinajstić information content (AvgIpc) is 2.36. The van der Waals surface area contributed by atoms with Crippen LogP contribution >= 0.6 is 0 Å². The van der Waals surface area contributed by atoms with Crippen LogP contribution in [0, 0.1) is 11.3 Å². The van der Waals surface area contributed by atoms with Crippen LogP contribution in [0.1, 0.15) is 28.7 Å². The van der Waals surface area contributed by atoms with Crippen LogP contribution in [0.5, 0.6) is 0 Å². The van der Waals surface area contributed by atoms with E-state index in [0.29, 0.717) is 5.56 Å². The third-order valence-corrected chi connectivity index (χ3v) is 2.46. The number of rotatable bonds is 4.